The summed E-state index contributed by atoms with van der Waals surface area (Å²) in [5.74, 6) is -1.53. The maximum absolute atomic E-state index is 12.8. The molecule has 0 saturated heterocycles. The van der Waals surface area contributed by atoms with Gasteiger partial charge in [-0.2, -0.15) is 0 Å². The zero-order valence-electron chi connectivity index (χ0n) is 15.2. The van der Waals surface area contributed by atoms with E-state index in [9.17, 15) is 18.8 Å². The summed E-state index contributed by atoms with van der Waals surface area (Å²) in [7, 11) is 0. The van der Waals surface area contributed by atoms with Crippen LogP contribution < -0.4 is 5.32 Å². The molecule has 8 heteroatoms. The lowest BCUT2D eigenvalue weighted by atomic mass is 10.2. The molecule has 0 heterocycles. The van der Waals surface area contributed by atoms with Crippen LogP contribution in [0.5, 0.6) is 0 Å². The molecule has 26 heavy (non-hydrogen) atoms. The van der Waals surface area contributed by atoms with E-state index in [-0.39, 0.29) is 42.3 Å². The van der Waals surface area contributed by atoms with E-state index in [0.29, 0.717) is 12.2 Å². The van der Waals surface area contributed by atoms with Crippen molar-refractivity contribution in [2.45, 2.75) is 32.4 Å². The number of thioether (sulfide) groups is 1. The van der Waals surface area contributed by atoms with E-state index in [1.54, 1.807) is 6.92 Å². The lowest BCUT2D eigenvalue weighted by Crippen LogP contribution is -2.40. The minimum atomic E-state index is -0.953. The molecule has 2 amide bonds. The van der Waals surface area contributed by atoms with E-state index < -0.39 is 11.2 Å². The Balaban J connectivity index is 2.52. The molecule has 0 radical (unpaired) electrons. The van der Waals surface area contributed by atoms with Crippen LogP contribution in [0.1, 0.15) is 27.2 Å². The fourth-order valence-electron chi connectivity index (χ4n) is 2.22. The number of carbonyl (C=O) groups is 3. The number of carbonyl (C=O) groups excluding carboxylic acids is 2. The summed E-state index contributed by atoms with van der Waals surface area (Å²) in [6.07, 6.45) is -0.110. The molecule has 0 aliphatic heterocycles. The average Bonchev–Trinajstić information content (AvgIpc) is 2.57. The molecule has 1 atom stereocenters. The maximum Gasteiger partial charge on any atom is 0.305 e. The fourth-order valence-corrected chi connectivity index (χ4v) is 2.99. The molecule has 0 saturated carbocycles. The molecule has 0 aliphatic rings. The summed E-state index contributed by atoms with van der Waals surface area (Å²) in [5, 5.41) is 11.0. The second kappa shape index (κ2) is 10.8. The van der Waals surface area contributed by atoms with Crippen LogP contribution in [0, 0.1) is 11.7 Å². The molecule has 0 bridgehead atoms. The van der Waals surface area contributed by atoms with Gasteiger partial charge in [-0.25, -0.2) is 4.39 Å². The first-order valence-electron chi connectivity index (χ1n) is 8.36. The summed E-state index contributed by atoms with van der Waals surface area (Å²) >= 11 is 1.18. The zero-order valence-corrected chi connectivity index (χ0v) is 16.0. The Hall–Kier alpha value is -2.09. The van der Waals surface area contributed by atoms with Crippen molar-refractivity contribution >= 4 is 35.2 Å². The summed E-state index contributed by atoms with van der Waals surface area (Å²) in [5.41, 5.74) is 0.485. The molecule has 6 nitrogen and oxygen atoms in total. The Labute approximate surface area is 157 Å². The van der Waals surface area contributed by atoms with Gasteiger partial charge in [-0.1, -0.05) is 13.8 Å². The van der Waals surface area contributed by atoms with Crippen LogP contribution in [-0.2, 0) is 14.4 Å². The Kier molecular flexibility index (Phi) is 9.12. The van der Waals surface area contributed by atoms with Gasteiger partial charge in [-0.05, 0) is 37.1 Å². The number of halogens is 1. The van der Waals surface area contributed by atoms with Crippen LogP contribution in [-0.4, -0.2) is 51.9 Å². The van der Waals surface area contributed by atoms with Gasteiger partial charge in [0.05, 0.1) is 17.4 Å². The second-order valence-corrected chi connectivity index (χ2v) is 7.66. The largest absolute Gasteiger partial charge is 0.481 e. The summed E-state index contributed by atoms with van der Waals surface area (Å²) < 4.78 is 12.8. The predicted molar refractivity (Wildman–Crippen MR) is 101 cm³/mol. The van der Waals surface area contributed by atoms with E-state index >= 15 is 0 Å². The average molecular weight is 384 g/mol. The number of carboxylic acid groups (broad SMARTS) is 1. The number of hydrogen-bond donors (Lipinski definition) is 2. The standard InChI is InChI=1S/C18H25FN2O4S/c1-12(2)10-21(9-8-17(23)24)18(25)13(3)26-11-16(22)20-15-6-4-14(19)5-7-15/h4-7,12-13H,8-11H2,1-3H3,(H,20,22)(H,23,24). The smallest absolute Gasteiger partial charge is 0.305 e. The Morgan fingerprint density at radius 3 is 2.35 bits per heavy atom. The van der Waals surface area contributed by atoms with Gasteiger partial charge < -0.3 is 15.3 Å². The molecule has 2 N–H and O–H groups in total. The van der Waals surface area contributed by atoms with E-state index in [2.05, 4.69) is 5.32 Å². The second-order valence-electron chi connectivity index (χ2n) is 6.33. The molecule has 0 aliphatic carbocycles. The minimum absolute atomic E-state index is 0.0682. The number of carboxylic acids is 1. The van der Waals surface area contributed by atoms with Crippen molar-refractivity contribution in [1.29, 1.82) is 0 Å². The maximum atomic E-state index is 12.8. The molecule has 144 valence electrons. The van der Waals surface area contributed by atoms with E-state index in [1.807, 2.05) is 13.8 Å². The molecule has 0 fully saturated rings. The third-order valence-corrected chi connectivity index (χ3v) is 4.56. The molecule has 1 aromatic carbocycles. The van der Waals surface area contributed by atoms with Crippen molar-refractivity contribution in [2.24, 2.45) is 5.92 Å². The Morgan fingerprint density at radius 2 is 1.81 bits per heavy atom. The number of amides is 2. The number of anilines is 1. The molecule has 0 spiro atoms. The van der Waals surface area contributed by atoms with Crippen LogP contribution >= 0.6 is 11.8 Å². The molecular formula is C18H25FN2O4S. The van der Waals surface area contributed by atoms with Gasteiger partial charge in [0.15, 0.2) is 0 Å². The number of nitrogens with one attached hydrogen (secondary N) is 1. The minimum Gasteiger partial charge on any atom is -0.481 e. The van der Waals surface area contributed by atoms with Gasteiger partial charge in [0.25, 0.3) is 0 Å². The van der Waals surface area contributed by atoms with Crippen LogP contribution in [0.3, 0.4) is 0 Å². The highest BCUT2D eigenvalue weighted by Gasteiger charge is 2.23. The number of aliphatic carboxylic acids is 1. The summed E-state index contributed by atoms with van der Waals surface area (Å²) in [4.78, 5) is 36.8. The third-order valence-electron chi connectivity index (χ3n) is 3.43. The topological polar surface area (TPSA) is 86.7 Å². The van der Waals surface area contributed by atoms with Gasteiger partial charge in [-0.3, -0.25) is 14.4 Å². The SMILES string of the molecule is CC(C)CN(CCC(=O)O)C(=O)C(C)SCC(=O)Nc1ccc(F)cc1. The number of hydrogen-bond acceptors (Lipinski definition) is 4. The highest BCUT2D eigenvalue weighted by Crippen LogP contribution is 2.16. The normalized spacial score (nSPS) is 11.9. The summed E-state index contributed by atoms with van der Waals surface area (Å²) in [6.45, 7) is 6.23. The van der Waals surface area contributed by atoms with Gasteiger partial charge in [-0.15, -0.1) is 11.8 Å². The van der Waals surface area contributed by atoms with Crippen molar-refractivity contribution < 1.29 is 23.9 Å². The zero-order chi connectivity index (χ0) is 19.7. The van der Waals surface area contributed by atoms with Gasteiger partial charge in [0.2, 0.25) is 11.8 Å². The van der Waals surface area contributed by atoms with Crippen molar-refractivity contribution in [3.8, 4) is 0 Å². The number of rotatable bonds is 10. The molecule has 0 aromatic heterocycles. The first-order chi connectivity index (χ1) is 12.2. The Morgan fingerprint density at radius 1 is 1.19 bits per heavy atom. The Bertz CT molecular complexity index is 622. The van der Waals surface area contributed by atoms with Crippen LogP contribution in [0.25, 0.3) is 0 Å². The van der Waals surface area contributed by atoms with Gasteiger partial charge in [0.1, 0.15) is 5.82 Å². The number of benzene rings is 1. The molecule has 1 aromatic rings. The van der Waals surface area contributed by atoms with Crippen LogP contribution in [0.4, 0.5) is 10.1 Å². The van der Waals surface area contributed by atoms with Crippen molar-refractivity contribution in [1.82, 2.24) is 4.90 Å². The fraction of sp³-hybridized carbons (Fsp3) is 0.500. The van der Waals surface area contributed by atoms with E-state index in [1.165, 1.54) is 40.9 Å². The highest BCUT2D eigenvalue weighted by atomic mass is 32.2. The van der Waals surface area contributed by atoms with Crippen molar-refractivity contribution in [2.75, 3.05) is 24.2 Å². The molecule has 1 rings (SSSR count). The monoisotopic (exact) mass is 384 g/mol. The molecular weight excluding hydrogens is 359 g/mol. The first kappa shape index (κ1) is 22.0. The van der Waals surface area contributed by atoms with E-state index in [4.69, 9.17) is 5.11 Å². The number of nitrogens with zero attached hydrogens (tertiary/aromatic N) is 1. The lowest BCUT2D eigenvalue weighted by molar-refractivity contribution is -0.138. The van der Waals surface area contributed by atoms with Crippen molar-refractivity contribution in [3.63, 3.8) is 0 Å². The van der Waals surface area contributed by atoms with Crippen LogP contribution in [0.2, 0.25) is 0 Å². The van der Waals surface area contributed by atoms with E-state index in [0.717, 1.165) is 0 Å². The van der Waals surface area contributed by atoms with Crippen molar-refractivity contribution in [3.05, 3.63) is 30.1 Å². The summed E-state index contributed by atoms with van der Waals surface area (Å²) in [6, 6.07) is 5.42. The molecule has 1 unspecified atom stereocenters. The van der Waals surface area contributed by atoms with Crippen LogP contribution in [0.15, 0.2) is 24.3 Å². The highest BCUT2D eigenvalue weighted by molar-refractivity contribution is 8.01. The third kappa shape index (κ3) is 8.33. The van der Waals surface area contributed by atoms with Gasteiger partial charge in [0, 0.05) is 18.8 Å². The first-order valence-corrected chi connectivity index (χ1v) is 9.41. The van der Waals surface area contributed by atoms with Gasteiger partial charge >= 0.3 is 5.97 Å². The predicted octanol–water partition coefficient (Wildman–Crippen LogP) is 2.85. The lowest BCUT2D eigenvalue weighted by Gasteiger charge is -2.26. The quantitative estimate of drug-likeness (QED) is 0.648.